The smallest absolute Gasteiger partial charge is 0.233 e. The van der Waals surface area contributed by atoms with Crippen LogP contribution in [0.4, 0.5) is 0 Å². The number of rotatable bonds is 3. The van der Waals surface area contributed by atoms with Gasteiger partial charge in [0.2, 0.25) is 5.91 Å². The Morgan fingerprint density at radius 1 is 1.27 bits per heavy atom. The predicted molar refractivity (Wildman–Crippen MR) is 89.3 cm³/mol. The zero-order valence-electron chi connectivity index (χ0n) is 12.3. The van der Waals surface area contributed by atoms with Crippen LogP contribution in [-0.4, -0.2) is 44.6 Å². The molecule has 7 heteroatoms. The number of pyridine rings is 1. The van der Waals surface area contributed by atoms with Crippen LogP contribution >= 0.6 is 23.4 Å². The average molecular weight is 339 g/mol. The number of amides is 1. The third-order valence-corrected chi connectivity index (χ3v) is 4.89. The Balaban J connectivity index is 1.59. The molecular weight excluding hydrogens is 320 g/mol. The van der Waals surface area contributed by atoms with Crippen molar-refractivity contribution in [3.63, 3.8) is 0 Å². The summed E-state index contributed by atoms with van der Waals surface area (Å²) < 4.78 is 0. The van der Waals surface area contributed by atoms with E-state index in [-0.39, 0.29) is 5.91 Å². The van der Waals surface area contributed by atoms with Crippen molar-refractivity contribution in [1.82, 2.24) is 19.9 Å². The minimum atomic E-state index is 0.193. The molecular formula is C15H19ClN4OS. The molecule has 0 bridgehead atoms. The van der Waals surface area contributed by atoms with Crippen LogP contribution in [0.1, 0.15) is 32.1 Å². The monoisotopic (exact) mass is 338 g/mol. The number of aromatic amines is 1. The molecule has 1 aliphatic rings. The van der Waals surface area contributed by atoms with Gasteiger partial charge in [0.15, 0.2) is 10.8 Å². The lowest BCUT2D eigenvalue weighted by molar-refractivity contribution is -0.128. The number of H-pyrrole nitrogens is 1. The molecule has 5 nitrogen and oxygen atoms in total. The minimum absolute atomic E-state index is 0.193. The van der Waals surface area contributed by atoms with Crippen LogP contribution < -0.4 is 0 Å². The van der Waals surface area contributed by atoms with Gasteiger partial charge in [0.05, 0.1) is 16.3 Å². The van der Waals surface area contributed by atoms with E-state index < -0.39 is 0 Å². The van der Waals surface area contributed by atoms with Crippen LogP contribution in [0, 0.1) is 0 Å². The molecule has 0 aromatic carbocycles. The summed E-state index contributed by atoms with van der Waals surface area (Å²) in [4.78, 5) is 26.0. The Labute approximate surface area is 138 Å². The predicted octanol–water partition coefficient (Wildman–Crippen LogP) is 3.50. The van der Waals surface area contributed by atoms with Gasteiger partial charge in [0.25, 0.3) is 0 Å². The number of carbonyl (C=O) groups is 1. The summed E-state index contributed by atoms with van der Waals surface area (Å²) in [7, 11) is 0. The summed E-state index contributed by atoms with van der Waals surface area (Å²) in [5, 5.41) is 1.29. The largest absolute Gasteiger partial charge is 0.342 e. The Morgan fingerprint density at radius 3 is 2.77 bits per heavy atom. The molecule has 1 fully saturated rings. The molecule has 3 rings (SSSR count). The van der Waals surface area contributed by atoms with Crippen LogP contribution in [0.15, 0.2) is 17.4 Å². The third-order valence-electron chi connectivity index (χ3n) is 3.82. The molecule has 0 atom stereocenters. The summed E-state index contributed by atoms with van der Waals surface area (Å²) in [6.07, 6.45) is 7.56. The molecule has 0 spiro atoms. The molecule has 118 valence electrons. The Kier molecular flexibility index (Phi) is 5.20. The number of nitrogens with zero attached hydrogens (tertiary/aromatic N) is 3. The van der Waals surface area contributed by atoms with Gasteiger partial charge >= 0.3 is 0 Å². The first-order valence-electron chi connectivity index (χ1n) is 7.64. The molecule has 0 radical (unpaired) electrons. The van der Waals surface area contributed by atoms with E-state index in [2.05, 4.69) is 15.0 Å². The number of hydrogen-bond acceptors (Lipinski definition) is 4. The van der Waals surface area contributed by atoms with E-state index in [0.717, 1.165) is 31.4 Å². The number of nitrogens with one attached hydrogen (secondary N) is 1. The van der Waals surface area contributed by atoms with Crippen molar-refractivity contribution in [3.05, 3.63) is 17.3 Å². The van der Waals surface area contributed by atoms with Gasteiger partial charge in [0, 0.05) is 19.3 Å². The highest BCUT2D eigenvalue weighted by molar-refractivity contribution is 7.99. The highest BCUT2D eigenvalue weighted by atomic mass is 35.5. The number of carbonyl (C=O) groups excluding carboxylic acids is 1. The van der Waals surface area contributed by atoms with Gasteiger partial charge in [-0.3, -0.25) is 4.79 Å². The fourth-order valence-electron chi connectivity index (χ4n) is 2.64. The van der Waals surface area contributed by atoms with Crippen LogP contribution in [0.5, 0.6) is 0 Å². The summed E-state index contributed by atoms with van der Waals surface area (Å²) in [5.74, 6) is 0.603. The topological polar surface area (TPSA) is 61.9 Å². The van der Waals surface area contributed by atoms with Gasteiger partial charge in [0.1, 0.15) is 0 Å². The molecule has 1 saturated heterocycles. The molecule has 0 aliphatic carbocycles. The van der Waals surface area contributed by atoms with Gasteiger partial charge in [-0.05, 0) is 18.9 Å². The second kappa shape index (κ2) is 7.33. The number of imidazole rings is 1. The number of hydrogen-bond donors (Lipinski definition) is 1. The molecule has 3 heterocycles. The first-order valence-corrected chi connectivity index (χ1v) is 9.00. The second-order valence-corrected chi connectivity index (χ2v) is 6.90. The van der Waals surface area contributed by atoms with Crippen LogP contribution in [0.25, 0.3) is 11.2 Å². The van der Waals surface area contributed by atoms with E-state index >= 15 is 0 Å². The highest BCUT2D eigenvalue weighted by Gasteiger charge is 2.16. The Morgan fingerprint density at radius 2 is 2.00 bits per heavy atom. The Hall–Kier alpha value is -1.27. The normalized spacial score (nSPS) is 16.5. The fraction of sp³-hybridized carbons (Fsp3) is 0.533. The maximum atomic E-state index is 12.3. The molecule has 1 N–H and O–H groups in total. The molecule has 2 aromatic rings. The highest BCUT2D eigenvalue weighted by Crippen LogP contribution is 2.21. The number of thioether (sulfide) groups is 1. The zero-order chi connectivity index (χ0) is 15.4. The van der Waals surface area contributed by atoms with Gasteiger partial charge < -0.3 is 9.88 Å². The van der Waals surface area contributed by atoms with Gasteiger partial charge in [-0.1, -0.05) is 42.6 Å². The summed E-state index contributed by atoms with van der Waals surface area (Å²) >= 11 is 7.33. The van der Waals surface area contributed by atoms with Gasteiger partial charge in [-0.15, -0.1) is 0 Å². The second-order valence-electron chi connectivity index (χ2n) is 5.50. The van der Waals surface area contributed by atoms with Crippen LogP contribution in [0.2, 0.25) is 5.02 Å². The van der Waals surface area contributed by atoms with Crippen molar-refractivity contribution in [1.29, 1.82) is 0 Å². The van der Waals surface area contributed by atoms with Crippen molar-refractivity contribution in [2.75, 3.05) is 18.8 Å². The Bertz CT molecular complexity index is 652. The molecule has 22 heavy (non-hydrogen) atoms. The van der Waals surface area contributed by atoms with E-state index in [0.29, 0.717) is 21.6 Å². The fourth-order valence-corrected chi connectivity index (χ4v) is 3.57. The van der Waals surface area contributed by atoms with E-state index in [1.807, 2.05) is 4.90 Å². The quantitative estimate of drug-likeness (QED) is 0.870. The van der Waals surface area contributed by atoms with Gasteiger partial charge in [-0.25, -0.2) is 9.97 Å². The standard InChI is InChI=1S/C15H19ClN4OS/c16-11-8-12-14(17-9-11)19-15(18-12)22-10-13(21)20-6-4-2-1-3-5-7-20/h8-9H,1-7,10H2,(H,17,18,19). The SMILES string of the molecule is O=C(CSc1nc2ncc(Cl)cc2[nH]1)N1CCCCCCC1. The molecule has 1 amide bonds. The van der Waals surface area contributed by atoms with Crippen LogP contribution in [-0.2, 0) is 4.79 Å². The van der Waals surface area contributed by atoms with Crippen LogP contribution in [0.3, 0.4) is 0 Å². The van der Waals surface area contributed by atoms with Crippen molar-refractivity contribution < 1.29 is 4.79 Å². The van der Waals surface area contributed by atoms with E-state index in [9.17, 15) is 4.79 Å². The first-order chi connectivity index (χ1) is 10.7. The lowest BCUT2D eigenvalue weighted by Gasteiger charge is -2.24. The van der Waals surface area contributed by atoms with Crippen molar-refractivity contribution in [3.8, 4) is 0 Å². The number of likely N-dealkylation sites (tertiary alicyclic amines) is 1. The molecule has 0 saturated carbocycles. The zero-order valence-corrected chi connectivity index (χ0v) is 13.9. The molecule has 1 aliphatic heterocycles. The first kappa shape index (κ1) is 15.6. The van der Waals surface area contributed by atoms with E-state index in [1.54, 1.807) is 12.3 Å². The van der Waals surface area contributed by atoms with E-state index in [4.69, 9.17) is 11.6 Å². The number of halogens is 1. The maximum absolute atomic E-state index is 12.3. The van der Waals surface area contributed by atoms with E-state index in [1.165, 1.54) is 31.0 Å². The van der Waals surface area contributed by atoms with Crippen molar-refractivity contribution >= 4 is 40.4 Å². The maximum Gasteiger partial charge on any atom is 0.233 e. The minimum Gasteiger partial charge on any atom is -0.342 e. The molecule has 0 unspecified atom stereocenters. The molecule has 2 aromatic heterocycles. The number of fused-ring (bicyclic) bond motifs is 1. The number of aromatic nitrogens is 3. The summed E-state index contributed by atoms with van der Waals surface area (Å²) in [6, 6.07) is 1.79. The summed E-state index contributed by atoms with van der Waals surface area (Å²) in [6.45, 7) is 1.77. The average Bonchev–Trinajstić information content (AvgIpc) is 2.86. The lowest BCUT2D eigenvalue weighted by atomic mass is 10.1. The van der Waals surface area contributed by atoms with Crippen molar-refractivity contribution in [2.24, 2.45) is 0 Å². The van der Waals surface area contributed by atoms with Crippen molar-refractivity contribution in [2.45, 2.75) is 37.3 Å². The lowest BCUT2D eigenvalue weighted by Crippen LogP contribution is -2.35. The third kappa shape index (κ3) is 3.93. The summed E-state index contributed by atoms with van der Waals surface area (Å²) in [5.41, 5.74) is 1.43. The van der Waals surface area contributed by atoms with Gasteiger partial charge in [-0.2, -0.15) is 0 Å².